The normalized spacial score (nSPS) is 17.3. The molecule has 0 aromatic heterocycles. The number of hydrogen-bond acceptors (Lipinski definition) is 9. The van der Waals surface area contributed by atoms with Crippen LogP contribution in [0.5, 0.6) is 0 Å². The lowest BCUT2D eigenvalue weighted by molar-refractivity contribution is -0.384. The van der Waals surface area contributed by atoms with Crippen LogP contribution < -0.4 is 0 Å². The maximum atomic E-state index is 12.3. The van der Waals surface area contributed by atoms with Crippen LogP contribution in [0.1, 0.15) is 288 Å². The van der Waals surface area contributed by atoms with Crippen LogP contribution in [0.15, 0.2) is 170 Å². The van der Waals surface area contributed by atoms with Crippen LogP contribution >= 0.6 is 0 Å². The van der Waals surface area contributed by atoms with Gasteiger partial charge >= 0.3 is 0 Å². The van der Waals surface area contributed by atoms with Crippen molar-refractivity contribution >= 4 is 122 Å². The molecule has 0 N–H and O–H groups in total. The Hall–Kier alpha value is -5.92. The second kappa shape index (κ2) is 53.5. The molecule has 17 heteroatoms. The third kappa shape index (κ3) is 36.2. The second-order valence-electron chi connectivity index (χ2n) is 35.5. The first-order valence-electron chi connectivity index (χ1n) is 45.4. The highest BCUT2D eigenvalue weighted by molar-refractivity contribution is 7.99. The predicted molar refractivity (Wildman–Crippen MR) is 532 cm³/mol. The zero-order chi connectivity index (χ0) is 86.3. The lowest BCUT2D eigenvalue weighted by atomic mass is 9.84. The van der Waals surface area contributed by atoms with Crippen LogP contribution in [0.4, 0.5) is 5.69 Å². The summed E-state index contributed by atoms with van der Waals surface area (Å²) in [4.78, 5) is 94.5. The Kier molecular flexibility index (Phi) is 43.7. The van der Waals surface area contributed by atoms with E-state index in [2.05, 4.69) is 102 Å². The second-order valence-corrected chi connectivity index (χ2v) is 51.8. The molecule has 15 rings (SSSR count). The number of hydrogen-bond donors (Lipinski definition) is 0. The fraction of sp³-hybridized carbons (Fsp3) is 0.529. The number of benzene rings is 7. The molecule has 10 nitrogen and oxygen atoms in total. The van der Waals surface area contributed by atoms with E-state index >= 15 is 0 Å². The number of non-ortho nitro benzene ring substituents is 1. The first-order valence-corrected chi connectivity index (χ1v) is 57.5. The van der Waals surface area contributed by atoms with Crippen LogP contribution in [-0.4, -0.2) is 166 Å². The van der Waals surface area contributed by atoms with Crippen LogP contribution in [0.25, 0.3) is 0 Å². The average molecular weight is 1770 g/mol. The van der Waals surface area contributed by atoms with Gasteiger partial charge in [0.1, 0.15) is 80.5 Å². The van der Waals surface area contributed by atoms with Crippen molar-refractivity contribution in [2.24, 2.45) is 5.92 Å². The highest BCUT2D eigenvalue weighted by Crippen LogP contribution is 2.33. The van der Waals surface area contributed by atoms with Gasteiger partial charge < -0.3 is 0 Å². The number of aryl methyl sites for hydroxylation is 3. The van der Waals surface area contributed by atoms with E-state index in [4.69, 9.17) is 0 Å². The molecule has 0 bridgehead atoms. The largest absolute Gasteiger partial charge is 0.289 e. The molecule has 8 aliphatic rings. The number of unbranched alkanes of at least 4 members (excludes halogenated alkanes) is 1. The van der Waals surface area contributed by atoms with Crippen molar-refractivity contribution in [2.75, 3.05) is 121 Å². The van der Waals surface area contributed by atoms with Crippen LogP contribution in [0.3, 0.4) is 0 Å². The molecule has 8 fully saturated rings. The monoisotopic (exact) mass is 1770 g/mol. The molecule has 121 heavy (non-hydrogen) atoms. The lowest BCUT2D eigenvalue weighted by Crippen LogP contribution is -2.18. The topological polar surface area (TPSA) is 163 Å². The van der Waals surface area contributed by atoms with E-state index in [1.54, 1.807) is 12.1 Å². The van der Waals surface area contributed by atoms with Crippen molar-refractivity contribution in [3.63, 3.8) is 0 Å². The van der Waals surface area contributed by atoms with Crippen molar-refractivity contribution in [2.45, 2.75) is 214 Å². The van der Waals surface area contributed by atoms with Crippen molar-refractivity contribution in [1.82, 2.24) is 0 Å². The van der Waals surface area contributed by atoms with Crippen molar-refractivity contribution in [3.8, 4) is 0 Å². The number of carbonyl (C=O) groups is 7. The summed E-state index contributed by atoms with van der Waals surface area (Å²) >= 11 is 0. The molecule has 7 aliphatic heterocycles. The minimum atomic E-state index is -0.451. The molecule has 0 spiro atoms. The standard InChI is InChI=1S/C18H25OS.3C16H23OS.2C13H17OS.C12H14NO3S/c19-18(14-20-12-4-5-13-20)17-10-8-16(9-11-17)15-6-2-1-3-7-15;1-16(2,3)14-8-6-13(7-9-14)15(17)12-18-10-4-5-11-18;1-13(2)11-14-5-7-15(8-6-14)16(17)12-18-9-3-4-10-18;1-2-3-6-14-7-9-15(10-8-14)16(17)13-18-11-4-5-12-18;2*1-11-4-6-12(7-5-11)13(14)10-15-8-2-3-9-15;14-12(9-17-7-1-2-8-17)10-3-5-11(6-4-10)13(15)16/h8-11,15H,1-7,12-14H2;6-9H,4-5,10-12H2,1-3H3;5-8,13H,3-4,9-12H2,1-2H3;7-10H,2-6,11-13H2,1H3;2*4-7H,2-3,8-10H2,1H3;3-6H,1-2,7-9H2/q7*+1. The minimum Gasteiger partial charge on any atom is -0.289 e. The molecular weight excluding hydrogens is 1630 g/mol. The van der Waals surface area contributed by atoms with Gasteiger partial charge in [0.05, 0.1) is 4.92 Å². The molecule has 7 saturated heterocycles. The Morgan fingerprint density at radius 1 is 0.339 bits per heavy atom. The molecule has 652 valence electrons. The van der Waals surface area contributed by atoms with Gasteiger partial charge in [0.15, 0.2) is 40.3 Å². The van der Waals surface area contributed by atoms with E-state index in [1.165, 1.54) is 261 Å². The van der Waals surface area contributed by atoms with Crippen LogP contribution in [0.2, 0.25) is 0 Å². The van der Waals surface area contributed by atoms with E-state index < -0.39 is 4.92 Å². The van der Waals surface area contributed by atoms with Gasteiger partial charge in [0.2, 0.25) is 40.5 Å². The summed E-state index contributed by atoms with van der Waals surface area (Å²) in [5, 5.41) is 10.5. The smallest absolute Gasteiger partial charge is 0.269 e. The highest BCUT2D eigenvalue weighted by atomic mass is 32.2. The average Bonchev–Trinajstić information content (AvgIpc) is 0.879. The molecule has 7 aromatic carbocycles. The third-order valence-corrected chi connectivity index (χ3v) is 40.5. The zero-order valence-corrected chi connectivity index (χ0v) is 80.1. The summed E-state index contributed by atoms with van der Waals surface area (Å²) in [5.74, 6) is 26.5. The van der Waals surface area contributed by atoms with Crippen LogP contribution in [-0.2, 0) is 94.5 Å². The number of nitrogens with zero attached hydrogens (tertiary/aromatic N) is 1. The summed E-state index contributed by atoms with van der Waals surface area (Å²) in [7, 11) is 2.53. The maximum Gasteiger partial charge on any atom is 0.269 e. The third-order valence-electron chi connectivity index (χ3n) is 23.7. The van der Waals surface area contributed by atoms with E-state index in [0.717, 1.165) is 86.7 Å². The Labute approximate surface area is 748 Å². The van der Waals surface area contributed by atoms with Crippen molar-refractivity contribution in [3.05, 3.63) is 252 Å². The Bertz CT molecular complexity index is 4200. The minimum absolute atomic E-state index is 0.0323. The Morgan fingerprint density at radius 3 is 0.826 bits per heavy atom. The van der Waals surface area contributed by atoms with E-state index in [-0.39, 0.29) is 27.8 Å². The quantitative estimate of drug-likeness (QED) is 0.0201. The molecule has 0 amide bonds. The lowest BCUT2D eigenvalue weighted by Gasteiger charge is -2.21. The number of nitro benzene ring substituents is 1. The number of nitro groups is 1. The number of carbonyl (C=O) groups excluding carboxylic acids is 7. The number of ketones is 7. The molecule has 7 heterocycles. The zero-order valence-electron chi connectivity index (χ0n) is 74.4. The Morgan fingerprint density at radius 2 is 0.579 bits per heavy atom. The van der Waals surface area contributed by atoms with Gasteiger partial charge in [-0.05, 0) is 264 Å². The summed E-state index contributed by atoms with van der Waals surface area (Å²) in [6, 6.07) is 55.1. The number of rotatable bonds is 28. The molecule has 7 aromatic rings. The summed E-state index contributed by atoms with van der Waals surface area (Å²) in [5.41, 5.74) is 14.1. The predicted octanol–water partition coefficient (Wildman–Crippen LogP) is 22.4. The van der Waals surface area contributed by atoms with E-state index in [1.807, 2.05) is 98.8 Å². The van der Waals surface area contributed by atoms with Gasteiger partial charge in [-0.3, -0.25) is 43.7 Å². The molecule has 0 atom stereocenters. The first kappa shape index (κ1) is 98.9. The summed E-state index contributed by atoms with van der Waals surface area (Å²) in [6.07, 6.45) is 29.8. The fourth-order valence-electron chi connectivity index (χ4n) is 16.2. The first-order chi connectivity index (χ1) is 58.4. The molecular formula is C104H142NO9S7+7. The fourth-order valence-corrected chi connectivity index (χ4v) is 32.0. The van der Waals surface area contributed by atoms with Crippen molar-refractivity contribution in [1.29, 1.82) is 0 Å². The van der Waals surface area contributed by atoms with Gasteiger partial charge in [0.25, 0.3) is 5.69 Å². The summed E-state index contributed by atoms with van der Waals surface area (Å²) < 4.78 is 0. The molecule has 1 aliphatic carbocycles. The molecule has 0 radical (unpaired) electrons. The highest BCUT2D eigenvalue weighted by Gasteiger charge is 2.34. The van der Waals surface area contributed by atoms with Gasteiger partial charge in [0, 0.05) is 51.1 Å². The van der Waals surface area contributed by atoms with Crippen molar-refractivity contribution < 1.29 is 38.5 Å². The van der Waals surface area contributed by atoms with E-state index in [0.29, 0.717) is 117 Å². The van der Waals surface area contributed by atoms with Gasteiger partial charge in [-0.1, -0.05) is 224 Å². The maximum absolute atomic E-state index is 12.3. The van der Waals surface area contributed by atoms with Gasteiger partial charge in [-0.25, -0.2) is 0 Å². The van der Waals surface area contributed by atoms with Crippen LogP contribution in [0, 0.1) is 29.9 Å². The van der Waals surface area contributed by atoms with Gasteiger partial charge in [-0.2, -0.15) is 0 Å². The SMILES string of the molecule is CC(C)(C)c1ccc(C(=O)C[S+]2CCCC2)cc1.CC(C)Cc1ccc(C(=O)C[S+]2CCCC2)cc1.CCCCc1ccc(C(=O)C[S+]2CCCC2)cc1.Cc1ccc(C(=O)C[S+]2CCCC2)cc1.Cc1ccc(C(=O)C[S+]2CCCC2)cc1.O=C(C[S+]1CCCC1)c1ccc(C2CCCCC2)cc1.O=C(C[S+]1CCCC1)c1ccc([N+](=O)[O-])cc1. The van der Waals surface area contributed by atoms with Gasteiger partial charge in [-0.15, -0.1) is 0 Å². The van der Waals surface area contributed by atoms with E-state index in [9.17, 15) is 43.7 Å². The molecule has 1 saturated carbocycles. The Balaban J connectivity index is 0.000000161. The number of Topliss-reactive ketones (excluding diaryl/α,β-unsaturated/α-hetero) is 7. The summed E-state index contributed by atoms with van der Waals surface area (Å²) in [6.45, 7) is 17.3. The molecule has 0 unspecified atom stereocenters.